The minimum absolute atomic E-state index is 0.135. The van der Waals surface area contributed by atoms with Crippen LogP contribution in [0.1, 0.15) is 36.0 Å². The number of nitrogens with zero attached hydrogens (tertiary/aromatic N) is 2. The highest BCUT2D eigenvalue weighted by atomic mass is 32.1. The number of hydrogen-bond donors (Lipinski definition) is 1. The molecule has 0 aliphatic heterocycles. The van der Waals surface area contributed by atoms with Crippen LogP contribution < -0.4 is 5.32 Å². The van der Waals surface area contributed by atoms with Gasteiger partial charge in [0.15, 0.2) is 0 Å². The lowest BCUT2D eigenvalue weighted by molar-refractivity contribution is 0.0392. The summed E-state index contributed by atoms with van der Waals surface area (Å²) in [6, 6.07) is 4.42. The van der Waals surface area contributed by atoms with E-state index in [9.17, 15) is 14.4 Å². The van der Waals surface area contributed by atoms with Crippen molar-refractivity contribution in [3.63, 3.8) is 0 Å². The highest BCUT2D eigenvalue weighted by molar-refractivity contribution is 7.20. The zero-order valence-corrected chi connectivity index (χ0v) is 18.7. The van der Waals surface area contributed by atoms with E-state index in [0.717, 1.165) is 0 Å². The number of nitrogens with one attached hydrogen (secondary N) is 1. The predicted octanol–water partition coefficient (Wildman–Crippen LogP) is 3.12. The van der Waals surface area contributed by atoms with Crippen LogP contribution in [0.5, 0.6) is 0 Å². The Hall–Kier alpha value is -3.57. The molecule has 0 aliphatic rings. The first kappa shape index (κ1) is 23.1. The molecular weight excluding hydrogens is 438 g/mol. The van der Waals surface area contributed by atoms with E-state index in [2.05, 4.69) is 15.3 Å². The number of fused-ring (bicyclic) bond motifs is 1. The maximum atomic E-state index is 12.4. The van der Waals surface area contributed by atoms with Gasteiger partial charge in [0.05, 0.1) is 37.3 Å². The van der Waals surface area contributed by atoms with E-state index in [-0.39, 0.29) is 17.7 Å². The van der Waals surface area contributed by atoms with Crippen LogP contribution in [0.15, 0.2) is 24.5 Å². The van der Waals surface area contributed by atoms with Gasteiger partial charge in [0.2, 0.25) is 0 Å². The van der Waals surface area contributed by atoms with Gasteiger partial charge in [0.25, 0.3) is 0 Å². The fourth-order valence-corrected chi connectivity index (χ4v) is 3.99. The first-order valence-electron chi connectivity index (χ1n) is 9.38. The smallest absolute Gasteiger partial charge is 0.348 e. The number of methoxy groups -OCH3 is 3. The van der Waals surface area contributed by atoms with Crippen molar-refractivity contribution in [2.24, 2.45) is 0 Å². The van der Waals surface area contributed by atoms with Crippen molar-refractivity contribution < 1.29 is 33.3 Å². The number of aryl methyl sites for hydroxylation is 1. The van der Waals surface area contributed by atoms with Crippen LogP contribution in [0.3, 0.4) is 0 Å². The third-order valence-electron chi connectivity index (χ3n) is 4.47. The van der Waals surface area contributed by atoms with E-state index in [1.165, 1.54) is 57.2 Å². The third kappa shape index (κ3) is 4.84. The molecule has 0 atom stereocenters. The molecule has 0 fully saturated rings. The van der Waals surface area contributed by atoms with Crippen molar-refractivity contribution in [2.75, 3.05) is 39.9 Å². The van der Waals surface area contributed by atoms with Crippen LogP contribution in [-0.4, -0.2) is 62.4 Å². The molecule has 2 heterocycles. The van der Waals surface area contributed by atoms with Crippen molar-refractivity contribution in [3.8, 4) is 0 Å². The third-order valence-corrected chi connectivity index (χ3v) is 5.65. The van der Waals surface area contributed by atoms with Crippen molar-refractivity contribution in [2.45, 2.75) is 6.92 Å². The Morgan fingerprint density at radius 2 is 1.59 bits per heavy atom. The molecule has 3 aromatic rings. The normalized spacial score (nSPS) is 10.6. The molecule has 11 heteroatoms. The monoisotopic (exact) mass is 459 g/mol. The maximum absolute atomic E-state index is 12.4. The van der Waals surface area contributed by atoms with Crippen LogP contribution in [0, 0.1) is 6.92 Å². The average Bonchev–Trinajstić information content (AvgIpc) is 3.15. The Labute approximate surface area is 187 Å². The summed E-state index contributed by atoms with van der Waals surface area (Å²) >= 11 is 1.18. The zero-order valence-electron chi connectivity index (χ0n) is 17.9. The molecule has 32 heavy (non-hydrogen) atoms. The van der Waals surface area contributed by atoms with Gasteiger partial charge in [-0.3, -0.25) is 0 Å². The fourth-order valence-electron chi connectivity index (χ4n) is 2.95. The Kier molecular flexibility index (Phi) is 7.33. The van der Waals surface area contributed by atoms with E-state index in [1.807, 2.05) is 0 Å². The number of thiophene rings is 1. The molecule has 1 N–H and O–H groups in total. The lowest BCUT2D eigenvalue weighted by Gasteiger charge is -2.11. The molecule has 0 amide bonds. The van der Waals surface area contributed by atoms with E-state index >= 15 is 0 Å². The molecule has 168 valence electrons. The van der Waals surface area contributed by atoms with Crippen molar-refractivity contribution >= 4 is 51.0 Å². The summed E-state index contributed by atoms with van der Waals surface area (Å²) in [5.74, 6) is -1.30. The van der Waals surface area contributed by atoms with Gasteiger partial charge in [-0.15, -0.1) is 11.3 Å². The Bertz CT molecular complexity index is 1140. The average molecular weight is 459 g/mol. The van der Waals surface area contributed by atoms with Crippen LogP contribution >= 0.6 is 11.3 Å². The molecule has 10 nitrogen and oxygen atoms in total. The Morgan fingerprint density at radius 3 is 2.19 bits per heavy atom. The highest BCUT2D eigenvalue weighted by Crippen LogP contribution is 2.35. The molecular formula is C21H21N3O7S. The summed E-state index contributed by atoms with van der Waals surface area (Å²) in [7, 11) is 4.01. The summed E-state index contributed by atoms with van der Waals surface area (Å²) in [5, 5.41) is 3.72. The predicted molar refractivity (Wildman–Crippen MR) is 117 cm³/mol. The second-order valence-electron chi connectivity index (χ2n) is 6.49. The summed E-state index contributed by atoms with van der Waals surface area (Å²) in [6.07, 6.45) is 1.35. The first-order chi connectivity index (χ1) is 15.4. The number of carbonyl (C=O) groups is 3. The SMILES string of the molecule is COCCOC(=O)c1sc2ncnc(Nc3cc(C(=O)OC)cc(C(=O)OC)c3)c2c1C. The second kappa shape index (κ2) is 10.2. The lowest BCUT2D eigenvalue weighted by Crippen LogP contribution is -2.09. The Morgan fingerprint density at radius 1 is 0.938 bits per heavy atom. The second-order valence-corrected chi connectivity index (χ2v) is 7.49. The molecule has 1 aromatic carbocycles. The van der Waals surface area contributed by atoms with E-state index in [4.69, 9.17) is 18.9 Å². The van der Waals surface area contributed by atoms with Gasteiger partial charge >= 0.3 is 17.9 Å². The van der Waals surface area contributed by atoms with Gasteiger partial charge in [-0.25, -0.2) is 24.4 Å². The van der Waals surface area contributed by atoms with Crippen LogP contribution in [0.4, 0.5) is 11.5 Å². The molecule has 0 radical (unpaired) electrons. The van der Waals surface area contributed by atoms with Gasteiger partial charge in [0, 0.05) is 12.8 Å². The maximum Gasteiger partial charge on any atom is 0.348 e. The highest BCUT2D eigenvalue weighted by Gasteiger charge is 2.21. The number of rotatable bonds is 8. The van der Waals surface area contributed by atoms with Gasteiger partial charge in [-0.2, -0.15) is 0 Å². The molecule has 3 rings (SSSR count). The Balaban J connectivity index is 2.01. The number of esters is 3. The lowest BCUT2D eigenvalue weighted by atomic mass is 10.1. The van der Waals surface area contributed by atoms with Gasteiger partial charge < -0.3 is 24.3 Å². The van der Waals surface area contributed by atoms with E-state index < -0.39 is 17.9 Å². The standard InChI is InChI=1S/C21H21N3O7S/c1-11-15-17(22-10-23-18(15)32-16(11)21(27)31-6-5-28-2)24-14-8-12(19(25)29-3)7-13(9-14)20(26)30-4/h7-10H,5-6H2,1-4H3,(H,22,23,24). The molecule has 0 saturated carbocycles. The zero-order chi connectivity index (χ0) is 23.3. The number of ether oxygens (including phenoxy) is 4. The first-order valence-corrected chi connectivity index (χ1v) is 10.2. The summed E-state index contributed by atoms with van der Waals surface area (Å²) < 4.78 is 19.7. The molecule has 2 aromatic heterocycles. The molecule has 0 spiro atoms. The quantitative estimate of drug-likeness (QED) is 0.305. The minimum Gasteiger partial charge on any atom is -0.465 e. The molecule has 0 unspecified atom stereocenters. The number of aromatic nitrogens is 2. The number of hydrogen-bond acceptors (Lipinski definition) is 11. The van der Waals surface area contributed by atoms with Crippen LogP contribution in [-0.2, 0) is 18.9 Å². The van der Waals surface area contributed by atoms with E-state index in [0.29, 0.717) is 38.8 Å². The molecule has 0 saturated heterocycles. The molecule has 0 bridgehead atoms. The van der Waals surface area contributed by atoms with Crippen molar-refractivity contribution in [1.82, 2.24) is 9.97 Å². The van der Waals surface area contributed by atoms with E-state index in [1.54, 1.807) is 6.92 Å². The van der Waals surface area contributed by atoms with Gasteiger partial charge in [0.1, 0.15) is 28.5 Å². The topological polar surface area (TPSA) is 126 Å². The number of carbonyl (C=O) groups excluding carboxylic acids is 3. The summed E-state index contributed by atoms with van der Waals surface area (Å²) in [5.41, 5.74) is 1.37. The van der Waals surface area contributed by atoms with Crippen molar-refractivity contribution in [1.29, 1.82) is 0 Å². The summed E-state index contributed by atoms with van der Waals surface area (Å²) in [6.45, 7) is 2.20. The number of anilines is 2. The summed E-state index contributed by atoms with van der Waals surface area (Å²) in [4.78, 5) is 46.1. The minimum atomic E-state index is -0.612. The van der Waals surface area contributed by atoms with Gasteiger partial charge in [-0.1, -0.05) is 0 Å². The van der Waals surface area contributed by atoms with Crippen LogP contribution in [0.2, 0.25) is 0 Å². The molecule has 0 aliphatic carbocycles. The van der Waals surface area contributed by atoms with Gasteiger partial charge in [-0.05, 0) is 30.7 Å². The fraction of sp³-hybridized carbons (Fsp3) is 0.286. The van der Waals surface area contributed by atoms with Crippen LogP contribution in [0.25, 0.3) is 10.2 Å². The number of benzene rings is 1. The van der Waals surface area contributed by atoms with Crippen molar-refractivity contribution in [3.05, 3.63) is 46.1 Å². The largest absolute Gasteiger partial charge is 0.465 e.